The molecule has 110 valence electrons. The van der Waals surface area contributed by atoms with Crippen molar-refractivity contribution in [3.05, 3.63) is 35.9 Å². The minimum atomic E-state index is -0.465. The molecule has 20 heavy (non-hydrogen) atoms. The normalized spacial score (nSPS) is 18.0. The van der Waals surface area contributed by atoms with E-state index in [-0.39, 0.29) is 5.91 Å². The summed E-state index contributed by atoms with van der Waals surface area (Å²) in [6.45, 7) is 4.08. The van der Waals surface area contributed by atoms with E-state index in [0.29, 0.717) is 12.6 Å². The highest BCUT2D eigenvalue weighted by molar-refractivity contribution is 5.82. The summed E-state index contributed by atoms with van der Waals surface area (Å²) in [6.07, 6.45) is 1.55. The molecule has 1 aromatic carbocycles. The molecule has 0 spiro atoms. The molecule has 1 aromatic rings. The van der Waals surface area contributed by atoms with Crippen molar-refractivity contribution >= 4 is 5.91 Å². The summed E-state index contributed by atoms with van der Waals surface area (Å²) >= 11 is 0. The highest BCUT2D eigenvalue weighted by atomic mass is 16.5. The van der Waals surface area contributed by atoms with Gasteiger partial charge in [0.1, 0.15) is 0 Å². The molecule has 0 aromatic heterocycles. The fourth-order valence-electron chi connectivity index (χ4n) is 2.66. The Morgan fingerprint density at radius 1 is 1.35 bits per heavy atom. The van der Waals surface area contributed by atoms with Gasteiger partial charge in [0, 0.05) is 25.7 Å². The average Bonchev–Trinajstić information content (AvgIpc) is 2.53. The number of piperidine rings is 1. The van der Waals surface area contributed by atoms with E-state index >= 15 is 0 Å². The van der Waals surface area contributed by atoms with Crippen LogP contribution in [0.1, 0.15) is 31.4 Å². The van der Waals surface area contributed by atoms with E-state index in [1.165, 1.54) is 0 Å². The van der Waals surface area contributed by atoms with Crippen LogP contribution < -0.4 is 5.32 Å². The van der Waals surface area contributed by atoms with E-state index < -0.39 is 6.10 Å². The molecule has 1 atom stereocenters. The molecule has 0 radical (unpaired) electrons. The topological polar surface area (TPSA) is 41.6 Å². The Balaban J connectivity index is 2.04. The fourth-order valence-corrected chi connectivity index (χ4v) is 2.66. The van der Waals surface area contributed by atoms with Gasteiger partial charge in [0.25, 0.3) is 5.91 Å². The number of benzene rings is 1. The second kappa shape index (κ2) is 7.41. The van der Waals surface area contributed by atoms with Crippen molar-refractivity contribution in [3.8, 4) is 0 Å². The number of ether oxygens (including phenoxy) is 1. The maximum absolute atomic E-state index is 12.7. The molecule has 1 fully saturated rings. The molecule has 4 heteroatoms. The molecular weight excluding hydrogens is 252 g/mol. The van der Waals surface area contributed by atoms with Gasteiger partial charge in [-0.3, -0.25) is 4.79 Å². The van der Waals surface area contributed by atoms with Gasteiger partial charge in [-0.15, -0.1) is 0 Å². The van der Waals surface area contributed by atoms with Gasteiger partial charge >= 0.3 is 0 Å². The fraction of sp³-hybridized carbons (Fsp3) is 0.562. The molecule has 1 aliphatic heterocycles. The standard InChI is InChI=1S/C16H24N2O2/c1-3-20-15(13-7-5-4-6-8-13)16(19)18-11-9-14(17-2)10-12-18/h4-8,14-15,17H,3,9-12H2,1-2H3. The van der Waals surface area contributed by atoms with E-state index in [9.17, 15) is 4.79 Å². The Kier molecular flexibility index (Phi) is 5.56. The first-order chi connectivity index (χ1) is 9.76. The lowest BCUT2D eigenvalue weighted by atomic mass is 10.0. The highest BCUT2D eigenvalue weighted by Gasteiger charge is 2.29. The van der Waals surface area contributed by atoms with Crippen molar-refractivity contribution in [2.45, 2.75) is 31.9 Å². The lowest BCUT2D eigenvalue weighted by molar-refractivity contribution is -0.145. The lowest BCUT2D eigenvalue weighted by Crippen LogP contribution is -2.46. The number of nitrogens with zero attached hydrogens (tertiary/aromatic N) is 1. The summed E-state index contributed by atoms with van der Waals surface area (Å²) in [5.74, 6) is 0.0904. The van der Waals surface area contributed by atoms with E-state index in [0.717, 1.165) is 31.5 Å². The van der Waals surface area contributed by atoms with Crippen molar-refractivity contribution in [3.63, 3.8) is 0 Å². The molecule has 2 rings (SSSR count). The van der Waals surface area contributed by atoms with Crippen LogP contribution in [-0.2, 0) is 9.53 Å². The van der Waals surface area contributed by atoms with Crippen LogP contribution >= 0.6 is 0 Å². The summed E-state index contributed by atoms with van der Waals surface area (Å²) in [6, 6.07) is 10.3. The summed E-state index contributed by atoms with van der Waals surface area (Å²) in [7, 11) is 1.98. The van der Waals surface area contributed by atoms with E-state index in [2.05, 4.69) is 5.32 Å². The van der Waals surface area contributed by atoms with Crippen molar-refractivity contribution in [1.82, 2.24) is 10.2 Å². The maximum Gasteiger partial charge on any atom is 0.256 e. The van der Waals surface area contributed by atoms with Crippen molar-refractivity contribution in [2.75, 3.05) is 26.7 Å². The van der Waals surface area contributed by atoms with E-state index in [1.54, 1.807) is 0 Å². The molecule has 1 amide bonds. The molecule has 1 saturated heterocycles. The first kappa shape index (κ1) is 15.0. The van der Waals surface area contributed by atoms with Crippen LogP contribution in [0.4, 0.5) is 0 Å². The Morgan fingerprint density at radius 2 is 2.00 bits per heavy atom. The Labute approximate surface area is 121 Å². The van der Waals surface area contributed by atoms with Crippen LogP contribution in [0.15, 0.2) is 30.3 Å². The molecule has 4 nitrogen and oxygen atoms in total. The van der Waals surface area contributed by atoms with Gasteiger partial charge in [-0.05, 0) is 32.4 Å². The molecule has 1 unspecified atom stereocenters. The maximum atomic E-state index is 12.7. The predicted molar refractivity (Wildman–Crippen MR) is 79.5 cm³/mol. The Hall–Kier alpha value is -1.39. The number of amides is 1. The van der Waals surface area contributed by atoms with Gasteiger partial charge in [-0.1, -0.05) is 30.3 Å². The Morgan fingerprint density at radius 3 is 2.55 bits per heavy atom. The van der Waals surface area contributed by atoms with E-state index in [1.807, 2.05) is 49.2 Å². The minimum Gasteiger partial charge on any atom is -0.364 e. The number of hydrogen-bond acceptors (Lipinski definition) is 3. The van der Waals surface area contributed by atoms with Crippen molar-refractivity contribution in [1.29, 1.82) is 0 Å². The first-order valence-electron chi connectivity index (χ1n) is 7.38. The third-order valence-corrected chi connectivity index (χ3v) is 3.87. The van der Waals surface area contributed by atoms with Gasteiger partial charge in [-0.25, -0.2) is 0 Å². The summed E-state index contributed by atoms with van der Waals surface area (Å²) in [4.78, 5) is 14.6. The van der Waals surface area contributed by atoms with Gasteiger partial charge < -0.3 is 15.0 Å². The average molecular weight is 276 g/mol. The van der Waals surface area contributed by atoms with Crippen LogP contribution in [0.2, 0.25) is 0 Å². The number of nitrogens with one attached hydrogen (secondary N) is 1. The molecule has 1 aliphatic rings. The molecule has 0 aliphatic carbocycles. The lowest BCUT2D eigenvalue weighted by Gasteiger charge is -2.34. The summed E-state index contributed by atoms with van der Waals surface area (Å²) < 4.78 is 5.69. The molecule has 0 saturated carbocycles. The second-order valence-electron chi connectivity index (χ2n) is 5.13. The quantitative estimate of drug-likeness (QED) is 0.894. The van der Waals surface area contributed by atoms with Crippen molar-refractivity contribution < 1.29 is 9.53 Å². The molecule has 0 bridgehead atoms. The Bertz CT molecular complexity index is 414. The zero-order chi connectivity index (χ0) is 14.4. The van der Waals surface area contributed by atoms with Gasteiger partial charge in [0.05, 0.1) is 0 Å². The van der Waals surface area contributed by atoms with Crippen LogP contribution in [0.3, 0.4) is 0 Å². The summed E-state index contributed by atoms with van der Waals surface area (Å²) in [5.41, 5.74) is 0.940. The minimum absolute atomic E-state index is 0.0904. The molecule has 1 N–H and O–H groups in total. The zero-order valence-electron chi connectivity index (χ0n) is 12.3. The molecule has 1 heterocycles. The van der Waals surface area contributed by atoms with Crippen molar-refractivity contribution in [2.24, 2.45) is 0 Å². The van der Waals surface area contributed by atoms with Crippen LogP contribution in [0.5, 0.6) is 0 Å². The third-order valence-electron chi connectivity index (χ3n) is 3.87. The highest BCUT2D eigenvalue weighted by Crippen LogP contribution is 2.22. The number of rotatable bonds is 5. The second-order valence-corrected chi connectivity index (χ2v) is 5.13. The van der Waals surface area contributed by atoms with Crippen LogP contribution in [0.25, 0.3) is 0 Å². The summed E-state index contributed by atoms with van der Waals surface area (Å²) in [5, 5.41) is 3.28. The van der Waals surface area contributed by atoms with Gasteiger partial charge in [0.2, 0.25) is 0 Å². The van der Waals surface area contributed by atoms with Gasteiger partial charge in [-0.2, -0.15) is 0 Å². The number of carbonyl (C=O) groups is 1. The largest absolute Gasteiger partial charge is 0.364 e. The number of carbonyl (C=O) groups excluding carboxylic acids is 1. The van der Waals surface area contributed by atoms with Crippen LogP contribution in [0, 0.1) is 0 Å². The number of likely N-dealkylation sites (tertiary alicyclic amines) is 1. The molecular formula is C16H24N2O2. The first-order valence-corrected chi connectivity index (χ1v) is 7.38. The van der Waals surface area contributed by atoms with Crippen LogP contribution in [-0.4, -0.2) is 43.6 Å². The monoisotopic (exact) mass is 276 g/mol. The SMILES string of the molecule is CCOC(C(=O)N1CCC(NC)CC1)c1ccccc1. The third kappa shape index (κ3) is 3.58. The number of hydrogen-bond donors (Lipinski definition) is 1. The smallest absolute Gasteiger partial charge is 0.256 e. The zero-order valence-corrected chi connectivity index (χ0v) is 12.3. The predicted octanol–water partition coefficient (Wildman–Crippen LogP) is 1.97. The van der Waals surface area contributed by atoms with Gasteiger partial charge in [0.15, 0.2) is 6.10 Å². The van der Waals surface area contributed by atoms with E-state index in [4.69, 9.17) is 4.74 Å².